The number of hydrogen-bond donors (Lipinski definition) is 2. The van der Waals surface area contributed by atoms with Crippen molar-refractivity contribution in [3.63, 3.8) is 0 Å². The van der Waals surface area contributed by atoms with Crippen LogP contribution in [0.3, 0.4) is 0 Å². The first-order valence-electron chi connectivity index (χ1n) is 7.46. The van der Waals surface area contributed by atoms with E-state index in [1.807, 2.05) is 11.4 Å². The second-order valence-electron chi connectivity index (χ2n) is 5.35. The van der Waals surface area contributed by atoms with E-state index >= 15 is 0 Å². The van der Waals surface area contributed by atoms with Crippen LogP contribution in [0.4, 0.5) is 5.82 Å². The third-order valence-electron chi connectivity index (χ3n) is 3.83. The van der Waals surface area contributed by atoms with Crippen molar-refractivity contribution in [1.29, 1.82) is 0 Å². The molecule has 3 rings (SSSR count). The molecular formula is C16H17N3O3S. The van der Waals surface area contributed by atoms with Gasteiger partial charge < -0.3 is 15.3 Å². The molecule has 1 aliphatic heterocycles. The summed E-state index contributed by atoms with van der Waals surface area (Å²) in [4.78, 5) is 31.3. The molecule has 0 saturated carbocycles. The van der Waals surface area contributed by atoms with Crippen molar-refractivity contribution in [2.45, 2.75) is 25.3 Å². The fraction of sp³-hybridized carbons (Fsp3) is 0.312. The van der Waals surface area contributed by atoms with Gasteiger partial charge in [0.15, 0.2) is 11.6 Å². The molecule has 0 aromatic carbocycles. The molecule has 2 aromatic rings. The van der Waals surface area contributed by atoms with Gasteiger partial charge in [-0.2, -0.15) is 0 Å². The lowest BCUT2D eigenvalue weighted by molar-refractivity contribution is -0.121. The fourth-order valence-corrected chi connectivity index (χ4v) is 3.36. The number of likely N-dealkylation sites (tertiary alicyclic amines) is 1. The van der Waals surface area contributed by atoms with Gasteiger partial charge in [0, 0.05) is 12.7 Å². The second-order valence-corrected chi connectivity index (χ2v) is 6.30. The lowest BCUT2D eigenvalue weighted by atomic mass is 10.0. The summed E-state index contributed by atoms with van der Waals surface area (Å²) in [6.07, 6.45) is 3.87. The minimum absolute atomic E-state index is 0.0900. The molecule has 2 aromatic heterocycles. The number of anilines is 1. The average Bonchev–Trinajstić information content (AvgIpc) is 3.11. The number of carbonyl (C=O) groups excluding carboxylic acids is 2. The van der Waals surface area contributed by atoms with E-state index in [2.05, 4.69) is 10.3 Å². The molecule has 1 fully saturated rings. The number of hydrogen-bond acceptors (Lipinski definition) is 5. The molecular weight excluding hydrogens is 314 g/mol. The molecule has 0 radical (unpaired) electrons. The van der Waals surface area contributed by atoms with E-state index in [1.54, 1.807) is 17.0 Å². The number of aromatic nitrogens is 1. The summed E-state index contributed by atoms with van der Waals surface area (Å²) in [7, 11) is 0. The van der Waals surface area contributed by atoms with Gasteiger partial charge >= 0.3 is 0 Å². The Morgan fingerprint density at radius 1 is 1.30 bits per heavy atom. The van der Waals surface area contributed by atoms with Gasteiger partial charge in [-0.05, 0) is 42.8 Å². The lowest BCUT2D eigenvalue weighted by Crippen LogP contribution is -2.49. The smallest absolute Gasteiger partial charge is 0.264 e. The molecule has 7 heteroatoms. The summed E-state index contributed by atoms with van der Waals surface area (Å²) in [5.74, 6) is -0.409. The standard InChI is InChI=1S/C16H17N3O3S/c20-12-6-3-8-17-14(12)18-15(21)11-5-1-2-9-19(11)16(22)13-7-4-10-23-13/h3-4,6-8,10-11,20H,1-2,5,9H2,(H,17,18,21)/t11-/m1/s1. The van der Waals surface area contributed by atoms with Crippen LogP contribution in [0.1, 0.15) is 28.9 Å². The first-order chi connectivity index (χ1) is 11.2. The number of carbonyl (C=O) groups is 2. The van der Waals surface area contributed by atoms with Gasteiger partial charge in [-0.15, -0.1) is 11.3 Å². The van der Waals surface area contributed by atoms with Crippen LogP contribution in [0, 0.1) is 0 Å². The molecule has 0 bridgehead atoms. The number of thiophene rings is 1. The third-order valence-corrected chi connectivity index (χ3v) is 4.68. The van der Waals surface area contributed by atoms with Crippen LogP contribution < -0.4 is 5.32 Å². The highest BCUT2D eigenvalue weighted by atomic mass is 32.1. The normalized spacial score (nSPS) is 17.7. The minimum atomic E-state index is -0.542. The Labute approximate surface area is 137 Å². The average molecular weight is 331 g/mol. The molecule has 0 spiro atoms. The van der Waals surface area contributed by atoms with Crippen LogP contribution >= 0.6 is 11.3 Å². The van der Waals surface area contributed by atoms with E-state index < -0.39 is 6.04 Å². The maximum atomic E-state index is 12.6. The minimum Gasteiger partial charge on any atom is -0.504 e. The molecule has 1 aliphatic rings. The molecule has 3 heterocycles. The molecule has 0 unspecified atom stereocenters. The quantitative estimate of drug-likeness (QED) is 0.905. The van der Waals surface area contributed by atoms with E-state index in [9.17, 15) is 14.7 Å². The fourth-order valence-electron chi connectivity index (χ4n) is 2.68. The molecule has 2 amide bonds. The third kappa shape index (κ3) is 3.34. The summed E-state index contributed by atoms with van der Waals surface area (Å²) in [6, 6.07) is 6.08. The van der Waals surface area contributed by atoms with Gasteiger partial charge in [0.25, 0.3) is 5.91 Å². The number of aromatic hydroxyl groups is 1. The van der Waals surface area contributed by atoms with Crippen LogP contribution in [-0.2, 0) is 4.79 Å². The van der Waals surface area contributed by atoms with Gasteiger partial charge in [-0.1, -0.05) is 6.07 Å². The summed E-state index contributed by atoms with van der Waals surface area (Å²) in [6.45, 7) is 0.559. The molecule has 2 N–H and O–H groups in total. The van der Waals surface area contributed by atoms with Crippen LogP contribution in [-0.4, -0.2) is 39.4 Å². The van der Waals surface area contributed by atoms with E-state index in [0.717, 1.165) is 12.8 Å². The Kier molecular flexibility index (Phi) is 4.57. The Balaban J connectivity index is 1.77. The van der Waals surface area contributed by atoms with Gasteiger partial charge in [-0.25, -0.2) is 4.98 Å². The summed E-state index contributed by atoms with van der Waals surface area (Å²) in [5.41, 5.74) is 0. The highest BCUT2D eigenvalue weighted by Gasteiger charge is 2.33. The first kappa shape index (κ1) is 15.5. The van der Waals surface area contributed by atoms with E-state index in [-0.39, 0.29) is 23.4 Å². The topological polar surface area (TPSA) is 82.5 Å². The maximum Gasteiger partial charge on any atom is 0.264 e. The van der Waals surface area contributed by atoms with Crippen LogP contribution in [0.2, 0.25) is 0 Å². The Morgan fingerprint density at radius 2 is 2.17 bits per heavy atom. The zero-order valence-electron chi connectivity index (χ0n) is 12.4. The van der Waals surface area contributed by atoms with Crippen molar-refractivity contribution in [2.75, 3.05) is 11.9 Å². The van der Waals surface area contributed by atoms with Crippen molar-refractivity contribution < 1.29 is 14.7 Å². The number of nitrogens with zero attached hydrogens (tertiary/aromatic N) is 2. The van der Waals surface area contributed by atoms with E-state index in [1.165, 1.54) is 23.6 Å². The highest BCUT2D eigenvalue weighted by Crippen LogP contribution is 2.24. The Morgan fingerprint density at radius 3 is 2.91 bits per heavy atom. The highest BCUT2D eigenvalue weighted by molar-refractivity contribution is 7.12. The van der Waals surface area contributed by atoms with Gasteiger partial charge in [0.1, 0.15) is 6.04 Å². The van der Waals surface area contributed by atoms with Crippen molar-refractivity contribution in [3.8, 4) is 5.75 Å². The number of pyridine rings is 1. The molecule has 0 aliphatic carbocycles. The molecule has 23 heavy (non-hydrogen) atoms. The number of piperidine rings is 1. The largest absolute Gasteiger partial charge is 0.504 e. The van der Waals surface area contributed by atoms with Crippen molar-refractivity contribution in [3.05, 3.63) is 40.7 Å². The van der Waals surface area contributed by atoms with Gasteiger partial charge in [0.05, 0.1) is 4.88 Å². The predicted octanol–water partition coefficient (Wildman–Crippen LogP) is 2.48. The lowest BCUT2D eigenvalue weighted by Gasteiger charge is -2.34. The van der Waals surface area contributed by atoms with Crippen molar-refractivity contribution in [2.24, 2.45) is 0 Å². The summed E-state index contributed by atoms with van der Waals surface area (Å²) < 4.78 is 0. The van der Waals surface area contributed by atoms with Gasteiger partial charge in [-0.3, -0.25) is 9.59 Å². The summed E-state index contributed by atoms with van der Waals surface area (Å²) >= 11 is 1.37. The predicted molar refractivity (Wildman–Crippen MR) is 87.5 cm³/mol. The van der Waals surface area contributed by atoms with Gasteiger partial charge in [0.2, 0.25) is 5.91 Å². The first-order valence-corrected chi connectivity index (χ1v) is 8.34. The zero-order valence-corrected chi connectivity index (χ0v) is 13.3. The van der Waals surface area contributed by atoms with Crippen LogP contribution in [0.5, 0.6) is 5.75 Å². The SMILES string of the molecule is O=C(Nc1ncccc1O)[C@H]1CCCCN1C(=O)c1cccs1. The van der Waals surface area contributed by atoms with E-state index in [0.29, 0.717) is 17.8 Å². The van der Waals surface area contributed by atoms with Crippen molar-refractivity contribution >= 4 is 29.0 Å². The number of nitrogens with one attached hydrogen (secondary N) is 1. The van der Waals surface area contributed by atoms with Crippen LogP contribution in [0.15, 0.2) is 35.8 Å². The molecule has 1 atom stereocenters. The molecule has 1 saturated heterocycles. The van der Waals surface area contributed by atoms with Crippen LogP contribution in [0.25, 0.3) is 0 Å². The summed E-state index contributed by atoms with van der Waals surface area (Å²) in [5, 5.41) is 14.2. The number of rotatable bonds is 3. The van der Waals surface area contributed by atoms with E-state index in [4.69, 9.17) is 0 Å². The molecule has 120 valence electrons. The monoisotopic (exact) mass is 331 g/mol. The Hall–Kier alpha value is -2.41. The molecule has 6 nitrogen and oxygen atoms in total. The number of amides is 2. The Bertz CT molecular complexity index is 702. The zero-order chi connectivity index (χ0) is 16.2. The maximum absolute atomic E-state index is 12.6. The van der Waals surface area contributed by atoms with Crippen molar-refractivity contribution in [1.82, 2.24) is 9.88 Å². The second kappa shape index (κ2) is 6.78.